The Morgan fingerprint density at radius 1 is 0.912 bits per heavy atom. The fourth-order valence-electron chi connectivity index (χ4n) is 2.69. The van der Waals surface area contributed by atoms with Crippen LogP contribution in [0, 0.1) is 25.8 Å². The molecule has 34 heavy (non-hydrogen) atoms. The van der Waals surface area contributed by atoms with Crippen LogP contribution in [0.25, 0.3) is 33.2 Å². The maximum Gasteiger partial charge on any atom is 0.116 e. The number of furan rings is 1. The Morgan fingerprint density at radius 3 is 2.68 bits per heavy atom. The van der Waals surface area contributed by atoms with Crippen molar-refractivity contribution in [3.63, 3.8) is 0 Å². The number of aromatic nitrogens is 2. The summed E-state index contributed by atoms with van der Waals surface area (Å²) < 4.78 is 117. The van der Waals surface area contributed by atoms with E-state index in [-0.39, 0.29) is 49.0 Å². The van der Waals surface area contributed by atoms with Crippen molar-refractivity contribution in [2.75, 3.05) is 0 Å². The zero-order chi connectivity index (χ0) is 35.7. The summed E-state index contributed by atoms with van der Waals surface area (Å²) in [5.74, 6) is 0. The van der Waals surface area contributed by atoms with E-state index < -0.39 is 61.7 Å². The third-order valence-corrected chi connectivity index (χ3v) is 4.10. The molecule has 0 atom stereocenters. The van der Waals surface area contributed by atoms with Crippen LogP contribution in [0.3, 0.4) is 0 Å². The van der Waals surface area contributed by atoms with E-state index >= 15 is 0 Å². The number of aryl methyl sites for hydroxylation is 1. The van der Waals surface area contributed by atoms with E-state index in [1.807, 2.05) is 36.4 Å². The molecule has 0 aliphatic carbocycles. The number of fused-ring (bicyclic) bond motifs is 3. The Bertz CT molecular complexity index is 2080. The molecule has 4 heteroatoms. The van der Waals surface area contributed by atoms with Gasteiger partial charge in [-0.1, -0.05) is 41.7 Å². The molecule has 3 aromatic carbocycles. The average molecular weight is 636 g/mol. The molecule has 0 unspecified atom stereocenters. The predicted octanol–water partition coefficient (Wildman–Crippen LogP) is 7.63. The normalized spacial score (nSPS) is 16.9. The number of para-hydroxylation sites is 1. The standard InChI is InChI=1S/C12H10N.C12H7O.C6H7N.Ir/c1-10-7-8-12(13-9-10)11-5-3-2-4-6-11;1-3-7-11-9(5-1)10-6-2-4-8-12(10)13-11;1-6-3-2-4-7-5-6;/h2-5,7-9H,1H3;1-3,5-8H;2-5H,1H3;/q2*-1;;/i1D3,2D,3D,4D,5D,7D,8D,9D;;1D3,2D,3D;. The van der Waals surface area contributed by atoms with Gasteiger partial charge in [-0.05, 0) is 45.4 Å². The minimum absolute atomic E-state index is 0. The molecule has 0 saturated heterocycles. The Hall–Kier alpha value is -3.59. The zero-order valence-corrected chi connectivity index (χ0v) is 19.7. The quantitative estimate of drug-likeness (QED) is 0.175. The third kappa shape index (κ3) is 6.71. The van der Waals surface area contributed by atoms with Crippen LogP contribution in [0.5, 0.6) is 0 Å². The van der Waals surface area contributed by atoms with Gasteiger partial charge in [-0.15, -0.1) is 41.9 Å². The molecule has 3 aromatic heterocycles. The molecule has 6 rings (SSSR count). The van der Waals surface area contributed by atoms with Crippen molar-refractivity contribution >= 4 is 21.9 Å². The van der Waals surface area contributed by atoms with Crippen molar-refractivity contribution in [3.05, 3.63) is 133 Å². The minimum atomic E-state index is -2.78. The molecule has 0 spiro atoms. The Morgan fingerprint density at radius 2 is 1.79 bits per heavy atom. The molecule has 0 fully saturated rings. The van der Waals surface area contributed by atoms with E-state index in [9.17, 15) is 0 Å². The maximum atomic E-state index is 7.89. The Balaban J connectivity index is 0.000000212. The van der Waals surface area contributed by atoms with Gasteiger partial charge in [0.15, 0.2) is 0 Å². The number of nitrogens with zero attached hydrogens (tertiary/aromatic N) is 2. The molecular formula is C30H24IrN2O-2. The van der Waals surface area contributed by atoms with Crippen LogP contribution in [-0.4, -0.2) is 9.97 Å². The summed E-state index contributed by atoms with van der Waals surface area (Å²) in [5, 5.41) is 2.33. The molecule has 0 saturated carbocycles. The molecule has 0 bridgehead atoms. The number of rotatable bonds is 1. The van der Waals surface area contributed by atoms with Crippen molar-refractivity contribution in [1.82, 2.24) is 9.97 Å². The fraction of sp³-hybridized carbons (Fsp3) is 0.0667. The van der Waals surface area contributed by atoms with Crippen LogP contribution in [-0.2, 0) is 20.1 Å². The average Bonchev–Trinajstić information content (AvgIpc) is 3.39. The summed E-state index contributed by atoms with van der Waals surface area (Å²) in [6.45, 7) is -5.13. The Kier molecular flexibility index (Phi) is 4.34. The molecule has 6 aromatic rings. The van der Waals surface area contributed by atoms with Crippen LogP contribution >= 0.6 is 0 Å². The van der Waals surface area contributed by atoms with Crippen LogP contribution in [0.15, 0.2) is 114 Å². The summed E-state index contributed by atoms with van der Waals surface area (Å²) >= 11 is 0. The topological polar surface area (TPSA) is 38.9 Å². The first-order valence-electron chi connectivity index (χ1n) is 17.0. The van der Waals surface area contributed by atoms with Gasteiger partial charge in [0.1, 0.15) is 5.58 Å². The van der Waals surface area contributed by atoms with E-state index in [0.29, 0.717) is 0 Å². The molecule has 1 radical (unpaired) electrons. The Labute approximate surface area is 234 Å². The maximum absolute atomic E-state index is 7.89. The van der Waals surface area contributed by atoms with Crippen molar-refractivity contribution in [2.24, 2.45) is 0 Å². The fourth-order valence-corrected chi connectivity index (χ4v) is 2.69. The number of benzene rings is 3. The van der Waals surface area contributed by atoms with Crippen LogP contribution in [0.4, 0.5) is 0 Å². The third-order valence-electron chi connectivity index (χ3n) is 4.10. The van der Waals surface area contributed by atoms with E-state index in [2.05, 4.69) is 28.2 Å². The second-order valence-electron chi connectivity index (χ2n) is 6.31. The molecule has 0 N–H and O–H groups in total. The van der Waals surface area contributed by atoms with Crippen molar-refractivity contribution in [2.45, 2.75) is 13.7 Å². The summed E-state index contributed by atoms with van der Waals surface area (Å²) in [5.41, 5.74) is 0.350. The van der Waals surface area contributed by atoms with Crippen molar-refractivity contribution in [3.8, 4) is 11.3 Å². The van der Waals surface area contributed by atoms with Gasteiger partial charge in [-0.2, -0.15) is 18.2 Å². The number of pyridine rings is 2. The van der Waals surface area contributed by atoms with Crippen molar-refractivity contribution < 1.29 is 45.1 Å². The first kappa shape index (κ1) is 11.7. The predicted molar refractivity (Wildman–Crippen MR) is 135 cm³/mol. The van der Waals surface area contributed by atoms with Crippen LogP contribution in [0.2, 0.25) is 0 Å². The smallest absolute Gasteiger partial charge is 0.116 e. The van der Waals surface area contributed by atoms with Crippen molar-refractivity contribution in [1.29, 1.82) is 0 Å². The van der Waals surface area contributed by atoms with Gasteiger partial charge in [0.05, 0.1) is 6.85 Å². The first-order valence-corrected chi connectivity index (χ1v) is 9.51. The van der Waals surface area contributed by atoms with E-state index in [1.165, 1.54) is 5.39 Å². The number of hydrogen-bond acceptors (Lipinski definition) is 3. The minimum Gasteiger partial charge on any atom is -0.516 e. The molecule has 3 heterocycles. The van der Waals surface area contributed by atoms with Crippen LogP contribution in [0.1, 0.15) is 31.7 Å². The molecule has 0 aliphatic heterocycles. The van der Waals surface area contributed by atoms with Gasteiger partial charge >= 0.3 is 0 Å². The van der Waals surface area contributed by atoms with Crippen LogP contribution < -0.4 is 0 Å². The van der Waals surface area contributed by atoms with Gasteiger partial charge in [0, 0.05) is 60.6 Å². The van der Waals surface area contributed by atoms with E-state index in [0.717, 1.165) is 28.9 Å². The van der Waals surface area contributed by atoms with E-state index in [4.69, 9.17) is 25.0 Å². The summed E-state index contributed by atoms with van der Waals surface area (Å²) in [4.78, 5) is 7.21. The molecule has 3 nitrogen and oxygen atoms in total. The van der Waals surface area contributed by atoms with Gasteiger partial charge in [-0.3, -0.25) is 4.98 Å². The van der Waals surface area contributed by atoms with Gasteiger partial charge in [0.2, 0.25) is 0 Å². The monoisotopic (exact) mass is 636 g/mol. The SMILES string of the molecule is [2H]c1[c-]c(-c2nc([2H])c(C([2H])([2H])[2H])c([2H])c2[2H])c([2H])c([2H])c1[2H].[2H]c1cncc(C([2H])([2H])[2H])c1[2H].[Ir].[c-]1ccc2c(c1)oc1ccccc12. The molecule has 0 amide bonds. The molecule has 0 aliphatic rings. The van der Waals surface area contributed by atoms with Gasteiger partial charge in [0.25, 0.3) is 0 Å². The van der Waals surface area contributed by atoms with E-state index in [1.54, 1.807) is 0 Å². The number of hydrogen-bond donors (Lipinski definition) is 0. The largest absolute Gasteiger partial charge is 0.516 e. The van der Waals surface area contributed by atoms with Gasteiger partial charge in [-0.25, -0.2) is 0 Å². The summed E-state index contributed by atoms with van der Waals surface area (Å²) in [6.07, 6.45) is 1.52. The molecular weight excluding hydrogens is 597 g/mol. The second-order valence-corrected chi connectivity index (χ2v) is 6.31. The summed E-state index contributed by atoms with van der Waals surface area (Å²) in [7, 11) is 0. The second kappa shape index (κ2) is 12.6. The zero-order valence-electron chi connectivity index (χ0n) is 32.3. The summed E-state index contributed by atoms with van der Waals surface area (Å²) in [6, 6.07) is 15.3. The molecule has 171 valence electrons. The first-order chi connectivity index (χ1) is 22.3. The van der Waals surface area contributed by atoms with Gasteiger partial charge < -0.3 is 9.40 Å².